The minimum Gasteiger partial charge on any atom is -0.468 e. The highest BCUT2D eigenvalue weighted by Crippen LogP contribution is 2.45. The summed E-state index contributed by atoms with van der Waals surface area (Å²) in [6.45, 7) is 7.41. The maximum atomic E-state index is 13.6. The highest BCUT2D eigenvalue weighted by atomic mass is 35.5. The van der Waals surface area contributed by atoms with Crippen molar-refractivity contribution in [2.45, 2.75) is 52.6 Å². The third kappa shape index (κ3) is 4.40. The van der Waals surface area contributed by atoms with E-state index in [1.165, 1.54) is 7.11 Å². The quantitative estimate of drug-likeness (QED) is 0.537. The predicted octanol–water partition coefficient (Wildman–Crippen LogP) is 4.29. The van der Waals surface area contributed by atoms with Crippen molar-refractivity contribution in [2.24, 2.45) is 11.8 Å². The Labute approximate surface area is 187 Å². The fourth-order valence-corrected chi connectivity index (χ4v) is 4.50. The summed E-state index contributed by atoms with van der Waals surface area (Å²) in [4.78, 5) is 39.2. The molecule has 0 amide bonds. The number of allylic oxidation sites excluding steroid dienone is 3. The number of rotatable bonds is 5. The van der Waals surface area contributed by atoms with E-state index in [1.807, 2.05) is 26.8 Å². The lowest BCUT2D eigenvalue weighted by Gasteiger charge is -2.38. The molecule has 31 heavy (non-hydrogen) atoms. The van der Waals surface area contributed by atoms with Crippen LogP contribution in [0.5, 0.6) is 0 Å². The molecule has 1 aliphatic heterocycles. The van der Waals surface area contributed by atoms with Gasteiger partial charge in [-0.3, -0.25) is 9.59 Å². The van der Waals surface area contributed by atoms with Gasteiger partial charge in [-0.1, -0.05) is 37.6 Å². The van der Waals surface area contributed by atoms with Gasteiger partial charge in [-0.05, 0) is 50.3 Å². The van der Waals surface area contributed by atoms with Crippen LogP contribution < -0.4 is 5.32 Å². The minimum absolute atomic E-state index is 0.229. The lowest BCUT2D eigenvalue weighted by atomic mass is 9.69. The van der Waals surface area contributed by atoms with Crippen LogP contribution in [0.4, 0.5) is 0 Å². The number of esters is 2. The fraction of sp³-hybridized carbons (Fsp3) is 0.458. The lowest BCUT2D eigenvalue weighted by Crippen LogP contribution is -2.43. The number of dihydropyridines is 1. The molecule has 1 aliphatic carbocycles. The molecule has 1 N–H and O–H groups in total. The van der Waals surface area contributed by atoms with Gasteiger partial charge >= 0.3 is 11.9 Å². The number of halogens is 1. The number of carbonyl (C=O) groups excluding carboxylic acids is 3. The van der Waals surface area contributed by atoms with Gasteiger partial charge in [0.25, 0.3) is 0 Å². The van der Waals surface area contributed by atoms with E-state index < -0.39 is 23.8 Å². The summed E-state index contributed by atoms with van der Waals surface area (Å²) < 4.78 is 10.5. The molecular formula is C24H28ClNO5. The molecule has 0 spiro atoms. The zero-order valence-corrected chi connectivity index (χ0v) is 19.2. The van der Waals surface area contributed by atoms with Crippen molar-refractivity contribution in [3.63, 3.8) is 0 Å². The molecule has 7 heteroatoms. The van der Waals surface area contributed by atoms with Crippen LogP contribution in [-0.4, -0.2) is 30.9 Å². The number of hydrogen-bond acceptors (Lipinski definition) is 6. The molecule has 0 saturated heterocycles. The summed E-state index contributed by atoms with van der Waals surface area (Å²) in [5.41, 5.74) is 2.81. The normalized spacial score (nSPS) is 24.3. The number of benzene rings is 1. The van der Waals surface area contributed by atoms with E-state index in [0.717, 1.165) is 5.70 Å². The monoisotopic (exact) mass is 445 g/mol. The van der Waals surface area contributed by atoms with E-state index >= 15 is 0 Å². The Kier molecular flexibility index (Phi) is 6.90. The van der Waals surface area contributed by atoms with Crippen LogP contribution in [0.3, 0.4) is 0 Å². The summed E-state index contributed by atoms with van der Waals surface area (Å²) in [6.07, 6.45) is 0.888. The van der Waals surface area contributed by atoms with Crippen LogP contribution in [-0.2, 0) is 23.9 Å². The highest BCUT2D eigenvalue weighted by Gasteiger charge is 2.47. The van der Waals surface area contributed by atoms with Crippen LogP contribution in [0, 0.1) is 11.8 Å². The molecule has 0 fully saturated rings. The molecule has 0 bridgehead atoms. The summed E-state index contributed by atoms with van der Waals surface area (Å²) in [6, 6.07) is 7.08. The van der Waals surface area contributed by atoms with Gasteiger partial charge in [0, 0.05) is 27.9 Å². The SMILES string of the molecule is CC[C@@H](C)OC(=O)C1=C(C)NC2=C(C(=O)[C@H](C(=O)OC)[C@H](C)C2)[C@H]1c1cccc(Cl)c1. The molecule has 2 aliphatic rings. The molecule has 166 valence electrons. The topological polar surface area (TPSA) is 81.7 Å². The van der Waals surface area contributed by atoms with Gasteiger partial charge in [0.05, 0.1) is 18.8 Å². The number of ketones is 1. The third-order valence-corrected chi connectivity index (χ3v) is 6.26. The molecular weight excluding hydrogens is 418 g/mol. The van der Waals surface area contributed by atoms with E-state index in [2.05, 4.69) is 5.32 Å². The first-order valence-electron chi connectivity index (χ1n) is 10.5. The highest BCUT2D eigenvalue weighted by molar-refractivity contribution is 6.30. The zero-order chi connectivity index (χ0) is 22.9. The number of methoxy groups -OCH3 is 1. The average molecular weight is 446 g/mol. The molecule has 6 nitrogen and oxygen atoms in total. The summed E-state index contributed by atoms with van der Waals surface area (Å²) >= 11 is 6.25. The summed E-state index contributed by atoms with van der Waals surface area (Å²) in [5, 5.41) is 3.74. The van der Waals surface area contributed by atoms with Crippen molar-refractivity contribution in [2.75, 3.05) is 7.11 Å². The smallest absolute Gasteiger partial charge is 0.337 e. The lowest BCUT2D eigenvalue weighted by molar-refractivity contribution is -0.151. The molecule has 0 saturated carbocycles. The second-order valence-electron chi connectivity index (χ2n) is 8.21. The Morgan fingerprint density at radius 2 is 2.03 bits per heavy atom. The van der Waals surface area contributed by atoms with Crippen molar-refractivity contribution in [3.8, 4) is 0 Å². The molecule has 3 rings (SSSR count). The van der Waals surface area contributed by atoms with Gasteiger partial charge in [-0.15, -0.1) is 0 Å². The first kappa shape index (κ1) is 23.1. The van der Waals surface area contributed by atoms with E-state index in [1.54, 1.807) is 25.1 Å². The van der Waals surface area contributed by atoms with Crippen molar-refractivity contribution in [1.82, 2.24) is 5.32 Å². The van der Waals surface area contributed by atoms with E-state index in [9.17, 15) is 14.4 Å². The van der Waals surface area contributed by atoms with Gasteiger partial charge in [0.1, 0.15) is 5.92 Å². The van der Waals surface area contributed by atoms with Gasteiger partial charge in [0.2, 0.25) is 0 Å². The maximum Gasteiger partial charge on any atom is 0.337 e. The molecule has 0 aromatic heterocycles. The van der Waals surface area contributed by atoms with E-state index in [-0.39, 0.29) is 17.8 Å². The first-order valence-corrected chi connectivity index (χ1v) is 10.9. The summed E-state index contributed by atoms with van der Waals surface area (Å²) in [5.74, 6) is -3.22. The van der Waals surface area contributed by atoms with Crippen LogP contribution in [0.15, 0.2) is 46.8 Å². The number of nitrogens with one attached hydrogen (secondary N) is 1. The standard InChI is InChI=1S/C24H28ClNO5/c1-6-13(3)31-24(29)19-14(4)26-17-10-12(2)18(23(28)30-5)22(27)21(17)20(19)15-8-7-9-16(25)11-15/h7-9,11-13,18,20,26H,6,10H2,1-5H3/t12-,13-,18-,20+/m1/s1. The second kappa shape index (κ2) is 9.27. The Morgan fingerprint density at radius 3 is 2.65 bits per heavy atom. The van der Waals surface area contributed by atoms with Gasteiger partial charge in [-0.2, -0.15) is 0 Å². The van der Waals surface area contributed by atoms with Crippen molar-refractivity contribution >= 4 is 29.3 Å². The van der Waals surface area contributed by atoms with Crippen molar-refractivity contribution in [3.05, 3.63) is 57.4 Å². The Hall–Kier alpha value is -2.60. The van der Waals surface area contributed by atoms with E-state index in [4.69, 9.17) is 21.1 Å². The van der Waals surface area contributed by atoms with Gasteiger partial charge in [0.15, 0.2) is 5.78 Å². The number of Topliss-reactive ketones (excluding diaryl/α,β-unsaturated/α-hetero) is 1. The Bertz CT molecular complexity index is 980. The molecule has 1 aromatic rings. The van der Waals surface area contributed by atoms with Crippen LogP contribution in [0.25, 0.3) is 0 Å². The van der Waals surface area contributed by atoms with Gasteiger partial charge < -0.3 is 14.8 Å². The molecule has 0 radical (unpaired) electrons. The maximum absolute atomic E-state index is 13.6. The molecule has 0 unspecified atom stereocenters. The number of carbonyl (C=O) groups is 3. The van der Waals surface area contributed by atoms with Crippen LogP contribution in [0.1, 0.15) is 52.0 Å². The minimum atomic E-state index is -0.919. The first-order chi connectivity index (χ1) is 14.7. The molecule has 1 aromatic carbocycles. The van der Waals surface area contributed by atoms with Crippen LogP contribution >= 0.6 is 11.6 Å². The molecule has 1 heterocycles. The average Bonchev–Trinajstić information content (AvgIpc) is 2.72. The van der Waals surface area contributed by atoms with Crippen LogP contribution in [0.2, 0.25) is 5.02 Å². The van der Waals surface area contributed by atoms with Crippen molar-refractivity contribution in [1.29, 1.82) is 0 Å². The Morgan fingerprint density at radius 1 is 1.32 bits per heavy atom. The second-order valence-corrected chi connectivity index (χ2v) is 8.65. The van der Waals surface area contributed by atoms with E-state index in [0.29, 0.717) is 40.3 Å². The number of hydrogen-bond donors (Lipinski definition) is 1. The predicted molar refractivity (Wildman–Crippen MR) is 117 cm³/mol. The van der Waals surface area contributed by atoms with Crippen molar-refractivity contribution < 1.29 is 23.9 Å². The number of ether oxygens (including phenoxy) is 2. The summed E-state index contributed by atoms with van der Waals surface area (Å²) in [7, 11) is 1.28. The Balaban J connectivity index is 2.17. The van der Waals surface area contributed by atoms with Gasteiger partial charge in [-0.25, -0.2) is 4.79 Å². The third-order valence-electron chi connectivity index (χ3n) is 6.03. The largest absolute Gasteiger partial charge is 0.468 e. The molecule has 4 atom stereocenters. The zero-order valence-electron chi connectivity index (χ0n) is 18.5. The fourth-order valence-electron chi connectivity index (χ4n) is 4.30.